The van der Waals surface area contributed by atoms with Gasteiger partial charge in [0.2, 0.25) is 11.8 Å². The van der Waals surface area contributed by atoms with E-state index in [2.05, 4.69) is 10.3 Å². The molecule has 1 aromatic rings. The molecule has 0 aliphatic heterocycles. The molecule has 0 saturated heterocycles. The number of pyridine rings is 1. The van der Waals surface area contributed by atoms with Crippen molar-refractivity contribution in [3.05, 3.63) is 23.9 Å². The first-order valence-electron chi connectivity index (χ1n) is 6.61. The van der Waals surface area contributed by atoms with Crippen LogP contribution in [0.3, 0.4) is 0 Å². The van der Waals surface area contributed by atoms with Gasteiger partial charge in [-0.15, -0.1) is 0 Å². The minimum absolute atomic E-state index is 0.189. The van der Waals surface area contributed by atoms with Crippen molar-refractivity contribution in [2.24, 2.45) is 11.8 Å². The Bertz CT molecular complexity index is 486. The van der Waals surface area contributed by atoms with Gasteiger partial charge in [-0.1, -0.05) is 12.5 Å². The minimum Gasteiger partial charge on any atom is -0.481 e. The Hall–Kier alpha value is -2.11. The zero-order valence-electron chi connectivity index (χ0n) is 11.3. The maximum absolute atomic E-state index is 12.0. The van der Waals surface area contributed by atoms with Crippen LogP contribution in [0.5, 0.6) is 5.88 Å². The molecule has 1 aliphatic carbocycles. The molecule has 6 nitrogen and oxygen atoms in total. The van der Waals surface area contributed by atoms with Gasteiger partial charge in [-0.25, -0.2) is 4.98 Å². The highest BCUT2D eigenvalue weighted by atomic mass is 16.5. The Morgan fingerprint density at radius 1 is 1.40 bits per heavy atom. The number of carboxylic acids is 1. The van der Waals surface area contributed by atoms with E-state index in [4.69, 9.17) is 9.84 Å². The Kier molecular flexibility index (Phi) is 4.55. The standard InChI is InChI=1S/C14H18N2O4/c1-20-12-6-5-9(7-15-12)8-16-13(17)10-3-2-4-11(10)14(18)19/h5-7,10-11H,2-4,8H2,1H3,(H,16,17)(H,18,19). The van der Waals surface area contributed by atoms with E-state index in [0.29, 0.717) is 25.3 Å². The first kappa shape index (κ1) is 14.3. The number of nitrogens with zero attached hydrogens (tertiary/aromatic N) is 1. The molecule has 1 fully saturated rings. The number of methoxy groups -OCH3 is 1. The number of carbonyl (C=O) groups is 2. The zero-order chi connectivity index (χ0) is 14.5. The number of nitrogens with one attached hydrogen (secondary N) is 1. The summed E-state index contributed by atoms with van der Waals surface area (Å²) in [4.78, 5) is 27.1. The Morgan fingerprint density at radius 3 is 2.75 bits per heavy atom. The molecular weight excluding hydrogens is 260 g/mol. The highest BCUT2D eigenvalue weighted by Crippen LogP contribution is 2.32. The van der Waals surface area contributed by atoms with Gasteiger partial charge in [0.25, 0.3) is 0 Å². The van der Waals surface area contributed by atoms with Crippen molar-refractivity contribution < 1.29 is 19.4 Å². The van der Waals surface area contributed by atoms with E-state index in [1.165, 1.54) is 7.11 Å². The molecule has 2 rings (SSSR count). The number of amides is 1. The Labute approximate surface area is 117 Å². The second kappa shape index (κ2) is 6.36. The van der Waals surface area contributed by atoms with Crippen LogP contribution in [0.4, 0.5) is 0 Å². The van der Waals surface area contributed by atoms with Crippen molar-refractivity contribution in [2.75, 3.05) is 7.11 Å². The smallest absolute Gasteiger partial charge is 0.307 e. The summed E-state index contributed by atoms with van der Waals surface area (Å²) in [6.07, 6.45) is 3.64. The van der Waals surface area contributed by atoms with Crippen LogP contribution < -0.4 is 10.1 Å². The molecule has 108 valence electrons. The van der Waals surface area contributed by atoms with Crippen molar-refractivity contribution in [1.29, 1.82) is 0 Å². The third kappa shape index (κ3) is 3.26. The van der Waals surface area contributed by atoms with Crippen LogP contribution in [0.15, 0.2) is 18.3 Å². The third-order valence-electron chi connectivity index (χ3n) is 3.64. The normalized spacial score (nSPS) is 21.4. The van der Waals surface area contributed by atoms with Gasteiger partial charge < -0.3 is 15.2 Å². The number of carboxylic acid groups (broad SMARTS) is 1. The van der Waals surface area contributed by atoms with Crippen molar-refractivity contribution in [2.45, 2.75) is 25.8 Å². The number of hydrogen-bond donors (Lipinski definition) is 2. The maximum Gasteiger partial charge on any atom is 0.307 e. The van der Waals surface area contributed by atoms with Crippen LogP contribution in [0.1, 0.15) is 24.8 Å². The lowest BCUT2D eigenvalue weighted by Crippen LogP contribution is -2.34. The number of aromatic nitrogens is 1. The summed E-state index contributed by atoms with van der Waals surface area (Å²) < 4.78 is 4.95. The highest BCUT2D eigenvalue weighted by molar-refractivity contribution is 5.85. The molecule has 1 aromatic heterocycles. The van der Waals surface area contributed by atoms with Gasteiger partial charge in [0.15, 0.2) is 0 Å². The zero-order valence-corrected chi connectivity index (χ0v) is 11.3. The molecule has 0 bridgehead atoms. The monoisotopic (exact) mass is 278 g/mol. The van der Waals surface area contributed by atoms with Gasteiger partial charge in [0, 0.05) is 18.8 Å². The van der Waals surface area contributed by atoms with Gasteiger partial charge in [0.1, 0.15) is 0 Å². The maximum atomic E-state index is 12.0. The van der Waals surface area contributed by atoms with Crippen molar-refractivity contribution in [3.8, 4) is 5.88 Å². The van der Waals surface area contributed by atoms with E-state index in [-0.39, 0.29) is 5.91 Å². The third-order valence-corrected chi connectivity index (χ3v) is 3.64. The average Bonchev–Trinajstić information content (AvgIpc) is 2.95. The summed E-state index contributed by atoms with van der Waals surface area (Å²) in [5.74, 6) is -1.52. The molecule has 0 radical (unpaired) electrons. The van der Waals surface area contributed by atoms with Gasteiger partial charge in [-0.2, -0.15) is 0 Å². The molecular formula is C14H18N2O4. The fraction of sp³-hybridized carbons (Fsp3) is 0.500. The largest absolute Gasteiger partial charge is 0.481 e. The predicted molar refractivity (Wildman–Crippen MR) is 71.1 cm³/mol. The van der Waals surface area contributed by atoms with E-state index in [1.807, 2.05) is 6.07 Å². The fourth-order valence-electron chi connectivity index (χ4n) is 2.53. The van der Waals surface area contributed by atoms with E-state index in [0.717, 1.165) is 12.0 Å². The quantitative estimate of drug-likeness (QED) is 0.845. The van der Waals surface area contributed by atoms with Crippen molar-refractivity contribution in [3.63, 3.8) is 0 Å². The summed E-state index contributed by atoms with van der Waals surface area (Å²) in [6, 6.07) is 3.53. The van der Waals surface area contributed by atoms with Crippen LogP contribution in [-0.2, 0) is 16.1 Å². The summed E-state index contributed by atoms with van der Waals surface area (Å²) in [7, 11) is 1.54. The Morgan fingerprint density at radius 2 is 2.15 bits per heavy atom. The molecule has 20 heavy (non-hydrogen) atoms. The SMILES string of the molecule is COc1ccc(CNC(=O)C2CCCC2C(=O)O)cn1. The summed E-state index contributed by atoms with van der Waals surface area (Å²) in [6.45, 7) is 0.346. The number of ether oxygens (including phenoxy) is 1. The van der Waals surface area contributed by atoms with Crippen LogP contribution in [0.2, 0.25) is 0 Å². The van der Waals surface area contributed by atoms with E-state index < -0.39 is 17.8 Å². The van der Waals surface area contributed by atoms with Gasteiger partial charge in [-0.05, 0) is 18.4 Å². The number of hydrogen-bond acceptors (Lipinski definition) is 4. The highest BCUT2D eigenvalue weighted by Gasteiger charge is 2.37. The summed E-state index contributed by atoms with van der Waals surface area (Å²) in [5, 5.41) is 11.9. The molecule has 2 atom stereocenters. The number of carbonyl (C=O) groups excluding carboxylic acids is 1. The molecule has 2 unspecified atom stereocenters. The second-order valence-corrected chi connectivity index (χ2v) is 4.91. The summed E-state index contributed by atoms with van der Waals surface area (Å²) in [5.41, 5.74) is 0.851. The molecule has 1 heterocycles. The minimum atomic E-state index is -0.881. The van der Waals surface area contributed by atoms with Crippen molar-refractivity contribution in [1.82, 2.24) is 10.3 Å². The van der Waals surface area contributed by atoms with E-state index in [9.17, 15) is 9.59 Å². The van der Waals surface area contributed by atoms with E-state index >= 15 is 0 Å². The lowest BCUT2D eigenvalue weighted by Gasteiger charge is -2.15. The number of aliphatic carboxylic acids is 1. The first-order chi connectivity index (χ1) is 9.61. The van der Waals surface area contributed by atoms with Crippen LogP contribution in [-0.4, -0.2) is 29.1 Å². The van der Waals surface area contributed by atoms with Gasteiger partial charge >= 0.3 is 5.97 Å². The lowest BCUT2D eigenvalue weighted by atomic mass is 9.95. The van der Waals surface area contributed by atoms with E-state index in [1.54, 1.807) is 12.3 Å². The molecule has 6 heteroatoms. The van der Waals surface area contributed by atoms with Crippen LogP contribution in [0, 0.1) is 11.8 Å². The number of rotatable bonds is 5. The Balaban J connectivity index is 1.89. The lowest BCUT2D eigenvalue weighted by molar-refractivity contribution is -0.146. The predicted octanol–water partition coefficient (Wildman–Crippen LogP) is 1.21. The molecule has 1 saturated carbocycles. The van der Waals surface area contributed by atoms with Crippen LogP contribution in [0.25, 0.3) is 0 Å². The van der Waals surface area contributed by atoms with Crippen molar-refractivity contribution >= 4 is 11.9 Å². The molecule has 2 N–H and O–H groups in total. The van der Waals surface area contributed by atoms with Crippen LogP contribution >= 0.6 is 0 Å². The second-order valence-electron chi connectivity index (χ2n) is 4.91. The molecule has 1 amide bonds. The molecule has 0 aromatic carbocycles. The summed E-state index contributed by atoms with van der Waals surface area (Å²) >= 11 is 0. The molecule has 1 aliphatic rings. The van der Waals surface area contributed by atoms with Gasteiger partial charge in [-0.3, -0.25) is 9.59 Å². The molecule has 0 spiro atoms. The van der Waals surface area contributed by atoms with Gasteiger partial charge in [0.05, 0.1) is 18.9 Å². The topological polar surface area (TPSA) is 88.5 Å². The first-order valence-corrected chi connectivity index (χ1v) is 6.61. The average molecular weight is 278 g/mol. The fourth-order valence-corrected chi connectivity index (χ4v) is 2.53.